The van der Waals surface area contributed by atoms with E-state index in [1.54, 1.807) is 6.92 Å². The van der Waals surface area contributed by atoms with Crippen molar-refractivity contribution in [1.82, 2.24) is 4.98 Å². The first-order valence-electron chi connectivity index (χ1n) is 6.51. The quantitative estimate of drug-likeness (QED) is 0.857. The Kier molecular flexibility index (Phi) is 3.90. The van der Waals surface area contributed by atoms with E-state index in [9.17, 15) is 4.79 Å². The molecule has 1 saturated carbocycles. The molecule has 0 aromatic carbocycles. The van der Waals surface area contributed by atoms with Gasteiger partial charge >= 0.3 is 5.97 Å². The fourth-order valence-electron chi connectivity index (χ4n) is 2.71. The molecule has 4 nitrogen and oxygen atoms in total. The zero-order chi connectivity index (χ0) is 13.2. The summed E-state index contributed by atoms with van der Waals surface area (Å²) in [6, 6.07) is 0. The number of carboxylic acid groups (broad SMARTS) is 1. The first kappa shape index (κ1) is 13.3. The average molecular weight is 268 g/mol. The van der Waals surface area contributed by atoms with Crippen LogP contribution in [0.4, 0.5) is 5.13 Å². The van der Waals surface area contributed by atoms with E-state index in [4.69, 9.17) is 5.11 Å². The molecule has 0 radical (unpaired) electrons. The van der Waals surface area contributed by atoms with Gasteiger partial charge in [0.25, 0.3) is 0 Å². The van der Waals surface area contributed by atoms with Gasteiger partial charge in [-0.05, 0) is 31.6 Å². The Bertz CT molecular complexity index is 436. The van der Waals surface area contributed by atoms with E-state index in [0.717, 1.165) is 11.7 Å². The number of hydrogen-bond acceptors (Lipinski definition) is 4. The maximum absolute atomic E-state index is 11.0. The minimum absolute atomic E-state index is 0.342. The number of thiazole rings is 1. The third kappa shape index (κ3) is 2.66. The monoisotopic (exact) mass is 268 g/mol. The Morgan fingerprint density at radius 2 is 2.17 bits per heavy atom. The summed E-state index contributed by atoms with van der Waals surface area (Å²) in [5, 5.41) is 13.1. The van der Waals surface area contributed by atoms with Crippen LogP contribution in [0.3, 0.4) is 0 Å². The van der Waals surface area contributed by atoms with Gasteiger partial charge in [-0.25, -0.2) is 9.78 Å². The van der Waals surface area contributed by atoms with Gasteiger partial charge in [0.2, 0.25) is 0 Å². The number of hydrogen-bond donors (Lipinski definition) is 2. The minimum atomic E-state index is -0.885. The van der Waals surface area contributed by atoms with Crippen molar-refractivity contribution in [3.63, 3.8) is 0 Å². The number of carbonyl (C=O) groups is 1. The number of rotatable bonds is 5. The summed E-state index contributed by atoms with van der Waals surface area (Å²) in [5.74, 6) is -0.885. The number of aryl methyl sites for hydroxylation is 1. The minimum Gasteiger partial charge on any atom is -0.477 e. The van der Waals surface area contributed by atoms with Crippen LogP contribution in [0.25, 0.3) is 0 Å². The van der Waals surface area contributed by atoms with Crippen molar-refractivity contribution in [3.05, 3.63) is 10.6 Å². The van der Waals surface area contributed by atoms with Gasteiger partial charge in [-0.1, -0.05) is 31.1 Å². The zero-order valence-electron chi connectivity index (χ0n) is 11.0. The molecule has 18 heavy (non-hydrogen) atoms. The van der Waals surface area contributed by atoms with Crippen molar-refractivity contribution in [3.8, 4) is 0 Å². The molecule has 5 heteroatoms. The van der Waals surface area contributed by atoms with Gasteiger partial charge in [0.1, 0.15) is 4.88 Å². The van der Waals surface area contributed by atoms with Gasteiger partial charge in [0.05, 0.1) is 5.69 Å². The SMILES string of the molecule is CCC1(CNc2nc(C)c(C(=O)O)s2)CCCC1. The fraction of sp³-hybridized carbons (Fsp3) is 0.692. The molecule has 2 N–H and O–H groups in total. The van der Waals surface area contributed by atoms with Gasteiger partial charge in [0.15, 0.2) is 5.13 Å². The second-order valence-corrected chi connectivity index (χ2v) is 6.15. The summed E-state index contributed by atoms with van der Waals surface area (Å²) in [6.07, 6.45) is 6.34. The topological polar surface area (TPSA) is 62.2 Å². The molecule has 1 aromatic heterocycles. The highest BCUT2D eigenvalue weighted by Crippen LogP contribution is 2.41. The van der Waals surface area contributed by atoms with E-state index in [2.05, 4.69) is 17.2 Å². The van der Waals surface area contributed by atoms with E-state index >= 15 is 0 Å². The predicted molar refractivity (Wildman–Crippen MR) is 73.5 cm³/mol. The fourth-order valence-corrected chi connectivity index (χ4v) is 3.51. The molecule has 0 saturated heterocycles. The van der Waals surface area contributed by atoms with Crippen LogP contribution >= 0.6 is 11.3 Å². The molecule has 0 unspecified atom stereocenters. The molecule has 1 aromatic rings. The number of carboxylic acids is 1. The molecular formula is C13H20N2O2S. The maximum Gasteiger partial charge on any atom is 0.347 e. The lowest BCUT2D eigenvalue weighted by Crippen LogP contribution is -2.25. The van der Waals surface area contributed by atoms with Crippen LogP contribution in [0, 0.1) is 12.3 Å². The van der Waals surface area contributed by atoms with E-state index < -0.39 is 5.97 Å². The van der Waals surface area contributed by atoms with Crippen molar-refractivity contribution in [2.24, 2.45) is 5.41 Å². The summed E-state index contributed by atoms with van der Waals surface area (Å²) >= 11 is 1.24. The van der Waals surface area contributed by atoms with Crippen LogP contribution in [0.2, 0.25) is 0 Å². The van der Waals surface area contributed by atoms with Crippen LogP contribution in [0.5, 0.6) is 0 Å². The molecule has 0 bridgehead atoms. The van der Waals surface area contributed by atoms with Crippen LogP contribution in [-0.2, 0) is 0 Å². The third-order valence-corrected chi connectivity index (χ3v) is 5.12. The van der Waals surface area contributed by atoms with Crippen molar-refractivity contribution in [1.29, 1.82) is 0 Å². The van der Waals surface area contributed by atoms with Gasteiger partial charge in [-0.15, -0.1) is 0 Å². The first-order valence-corrected chi connectivity index (χ1v) is 7.32. The Balaban J connectivity index is 2.01. The maximum atomic E-state index is 11.0. The van der Waals surface area contributed by atoms with Gasteiger partial charge in [-0.2, -0.15) is 0 Å². The van der Waals surface area contributed by atoms with Gasteiger partial charge < -0.3 is 10.4 Å². The summed E-state index contributed by atoms with van der Waals surface area (Å²) < 4.78 is 0. The number of anilines is 1. The lowest BCUT2D eigenvalue weighted by atomic mass is 9.83. The highest BCUT2D eigenvalue weighted by Gasteiger charge is 2.32. The highest BCUT2D eigenvalue weighted by atomic mass is 32.1. The molecule has 0 amide bonds. The Morgan fingerprint density at radius 1 is 1.50 bits per heavy atom. The van der Waals surface area contributed by atoms with Crippen LogP contribution in [-0.4, -0.2) is 22.6 Å². The van der Waals surface area contributed by atoms with E-state index in [-0.39, 0.29) is 0 Å². The first-order chi connectivity index (χ1) is 8.56. The van der Waals surface area contributed by atoms with Crippen molar-refractivity contribution in [2.75, 3.05) is 11.9 Å². The largest absolute Gasteiger partial charge is 0.477 e. The number of aromatic nitrogens is 1. The van der Waals surface area contributed by atoms with Crippen LogP contribution in [0.15, 0.2) is 0 Å². The molecule has 2 rings (SSSR count). The van der Waals surface area contributed by atoms with Crippen molar-refractivity contribution >= 4 is 22.4 Å². The molecule has 1 fully saturated rings. The molecule has 100 valence electrons. The van der Waals surface area contributed by atoms with Crippen LogP contribution < -0.4 is 5.32 Å². The molecule has 1 aliphatic carbocycles. The molecule has 1 aliphatic rings. The lowest BCUT2D eigenvalue weighted by molar-refractivity contribution is 0.0701. The van der Waals surface area contributed by atoms with Crippen molar-refractivity contribution in [2.45, 2.75) is 46.0 Å². The Hall–Kier alpha value is -1.10. The van der Waals surface area contributed by atoms with E-state index in [1.807, 2.05) is 0 Å². The number of nitrogens with zero attached hydrogens (tertiary/aromatic N) is 1. The van der Waals surface area contributed by atoms with Crippen LogP contribution in [0.1, 0.15) is 54.4 Å². The Labute approximate surface area is 111 Å². The van der Waals surface area contributed by atoms with E-state index in [0.29, 0.717) is 16.0 Å². The second-order valence-electron chi connectivity index (χ2n) is 5.15. The molecule has 0 aliphatic heterocycles. The average Bonchev–Trinajstić information content (AvgIpc) is 2.94. The smallest absolute Gasteiger partial charge is 0.347 e. The van der Waals surface area contributed by atoms with Gasteiger partial charge in [0, 0.05) is 6.54 Å². The standard InChI is InChI=1S/C13H20N2O2S/c1-3-13(6-4-5-7-13)8-14-12-15-9(2)10(18-12)11(16)17/h3-8H2,1-2H3,(H,14,15)(H,16,17). The molecule has 0 spiro atoms. The normalized spacial score (nSPS) is 17.9. The highest BCUT2D eigenvalue weighted by molar-refractivity contribution is 7.17. The summed E-state index contributed by atoms with van der Waals surface area (Å²) in [4.78, 5) is 15.6. The predicted octanol–water partition coefficient (Wildman–Crippen LogP) is 3.53. The van der Waals surface area contributed by atoms with E-state index in [1.165, 1.54) is 43.4 Å². The lowest BCUT2D eigenvalue weighted by Gasteiger charge is -2.27. The molecule has 0 atom stereocenters. The molecule has 1 heterocycles. The molecular weight excluding hydrogens is 248 g/mol. The van der Waals surface area contributed by atoms with Gasteiger partial charge in [-0.3, -0.25) is 0 Å². The summed E-state index contributed by atoms with van der Waals surface area (Å²) in [6.45, 7) is 4.90. The summed E-state index contributed by atoms with van der Waals surface area (Å²) in [5.41, 5.74) is 0.996. The number of aromatic carboxylic acids is 1. The third-order valence-electron chi connectivity index (χ3n) is 4.02. The zero-order valence-corrected chi connectivity index (χ0v) is 11.8. The summed E-state index contributed by atoms with van der Waals surface area (Å²) in [7, 11) is 0. The Morgan fingerprint density at radius 3 is 2.67 bits per heavy atom. The van der Waals surface area contributed by atoms with Crippen molar-refractivity contribution < 1.29 is 9.90 Å². The number of nitrogens with one attached hydrogen (secondary N) is 1. The second kappa shape index (κ2) is 5.26.